The minimum absolute atomic E-state index is 0.0544. The molecule has 88 valence electrons. The molecule has 1 heterocycles. The van der Waals surface area contributed by atoms with Crippen molar-refractivity contribution in [3.8, 4) is 0 Å². The fourth-order valence-corrected chi connectivity index (χ4v) is 2.55. The van der Waals surface area contributed by atoms with Gasteiger partial charge in [-0.2, -0.15) is 0 Å². The third kappa shape index (κ3) is 2.79. The van der Waals surface area contributed by atoms with E-state index in [0.29, 0.717) is 5.92 Å². The molecule has 1 aliphatic carbocycles. The fraction of sp³-hybridized carbons (Fsp3) is 0.615. The lowest BCUT2D eigenvalue weighted by Gasteiger charge is -2.22. The van der Waals surface area contributed by atoms with Crippen LogP contribution in [-0.4, -0.2) is 4.98 Å². The summed E-state index contributed by atoms with van der Waals surface area (Å²) in [6.45, 7) is 0. The minimum Gasteiger partial charge on any atom is -0.324 e. The van der Waals surface area contributed by atoms with Gasteiger partial charge < -0.3 is 5.73 Å². The highest BCUT2D eigenvalue weighted by atomic mass is 19.1. The third-order valence-corrected chi connectivity index (χ3v) is 3.52. The molecule has 0 radical (unpaired) electrons. The van der Waals surface area contributed by atoms with Gasteiger partial charge in [0.25, 0.3) is 0 Å². The van der Waals surface area contributed by atoms with Crippen LogP contribution in [0.5, 0.6) is 0 Å². The number of pyridine rings is 1. The highest BCUT2D eigenvalue weighted by molar-refractivity contribution is 5.15. The number of hydrogen-bond acceptors (Lipinski definition) is 2. The first-order valence-electron chi connectivity index (χ1n) is 6.13. The van der Waals surface area contributed by atoms with Gasteiger partial charge in [0.15, 0.2) is 0 Å². The number of hydrogen-bond donors (Lipinski definition) is 1. The van der Waals surface area contributed by atoms with Crippen LogP contribution in [0.1, 0.15) is 50.1 Å². The largest absolute Gasteiger partial charge is 0.324 e. The molecular formula is C13H19FN2. The van der Waals surface area contributed by atoms with Gasteiger partial charge in [0.2, 0.25) is 0 Å². The summed E-state index contributed by atoms with van der Waals surface area (Å²) in [6.07, 6.45) is 10.4. The van der Waals surface area contributed by atoms with E-state index in [0.717, 1.165) is 18.4 Å². The predicted molar refractivity (Wildman–Crippen MR) is 62.3 cm³/mol. The molecule has 2 nitrogen and oxygen atoms in total. The lowest BCUT2D eigenvalue weighted by atomic mass is 9.88. The standard InChI is InChI=1S/C13H19FN2/c14-12-7-11(8-16-9-12)13(15)10-5-3-1-2-4-6-10/h7-10,13H,1-6,15H2. The fourth-order valence-electron chi connectivity index (χ4n) is 2.55. The summed E-state index contributed by atoms with van der Waals surface area (Å²) in [5.41, 5.74) is 7.04. The summed E-state index contributed by atoms with van der Waals surface area (Å²) in [6, 6.07) is 1.46. The molecule has 2 N–H and O–H groups in total. The monoisotopic (exact) mass is 222 g/mol. The van der Waals surface area contributed by atoms with Crippen molar-refractivity contribution in [3.63, 3.8) is 0 Å². The van der Waals surface area contributed by atoms with E-state index in [4.69, 9.17) is 5.73 Å². The van der Waals surface area contributed by atoms with Crippen LogP contribution in [-0.2, 0) is 0 Å². The predicted octanol–water partition coefficient (Wildman–Crippen LogP) is 3.19. The van der Waals surface area contributed by atoms with Gasteiger partial charge in [-0.3, -0.25) is 4.98 Å². The van der Waals surface area contributed by atoms with Gasteiger partial charge in [0.1, 0.15) is 5.82 Å². The molecule has 0 spiro atoms. The summed E-state index contributed by atoms with van der Waals surface area (Å²) in [7, 11) is 0. The maximum atomic E-state index is 13.1. The van der Waals surface area contributed by atoms with Crippen LogP contribution in [0, 0.1) is 11.7 Å². The molecule has 16 heavy (non-hydrogen) atoms. The summed E-state index contributed by atoms with van der Waals surface area (Å²) in [5, 5.41) is 0. The van der Waals surface area contributed by atoms with Crippen LogP contribution in [0.3, 0.4) is 0 Å². The molecule has 1 aromatic rings. The Bertz CT molecular complexity index is 332. The van der Waals surface area contributed by atoms with Crippen molar-refractivity contribution >= 4 is 0 Å². The van der Waals surface area contributed by atoms with Gasteiger partial charge in [-0.1, -0.05) is 25.7 Å². The van der Waals surface area contributed by atoms with Gasteiger partial charge >= 0.3 is 0 Å². The number of rotatable bonds is 2. The molecule has 2 rings (SSSR count). The van der Waals surface area contributed by atoms with Crippen LogP contribution >= 0.6 is 0 Å². The Kier molecular flexibility index (Phi) is 3.88. The van der Waals surface area contributed by atoms with Crippen LogP contribution in [0.4, 0.5) is 4.39 Å². The van der Waals surface area contributed by atoms with Crippen molar-refractivity contribution in [1.82, 2.24) is 4.98 Å². The maximum absolute atomic E-state index is 13.1. The van der Waals surface area contributed by atoms with Crippen LogP contribution in [0.2, 0.25) is 0 Å². The minimum atomic E-state index is -0.290. The second-order valence-corrected chi connectivity index (χ2v) is 4.71. The van der Waals surface area contributed by atoms with Crippen molar-refractivity contribution < 1.29 is 4.39 Å². The molecule has 1 unspecified atom stereocenters. The van der Waals surface area contributed by atoms with E-state index in [2.05, 4.69) is 4.98 Å². The molecule has 0 saturated heterocycles. The lowest BCUT2D eigenvalue weighted by molar-refractivity contribution is 0.380. The highest BCUT2D eigenvalue weighted by Gasteiger charge is 2.21. The molecule has 1 aromatic heterocycles. The van der Waals surface area contributed by atoms with E-state index < -0.39 is 0 Å². The molecule has 1 atom stereocenters. The molecule has 1 aliphatic rings. The van der Waals surface area contributed by atoms with Crippen molar-refractivity contribution in [3.05, 3.63) is 29.8 Å². The van der Waals surface area contributed by atoms with E-state index in [-0.39, 0.29) is 11.9 Å². The van der Waals surface area contributed by atoms with Crippen LogP contribution in [0.15, 0.2) is 18.5 Å². The first kappa shape index (κ1) is 11.5. The Morgan fingerprint density at radius 2 is 1.88 bits per heavy atom. The second-order valence-electron chi connectivity index (χ2n) is 4.71. The van der Waals surface area contributed by atoms with E-state index in [1.54, 1.807) is 6.20 Å². The van der Waals surface area contributed by atoms with Crippen LogP contribution in [0.25, 0.3) is 0 Å². The smallest absolute Gasteiger partial charge is 0.141 e. The molecular weight excluding hydrogens is 203 g/mol. The quantitative estimate of drug-likeness (QED) is 0.780. The van der Waals surface area contributed by atoms with Crippen LogP contribution < -0.4 is 5.73 Å². The zero-order chi connectivity index (χ0) is 11.4. The Labute approximate surface area is 96.1 Å². The maximum Gasteiger partial charge on any atom is 0.141 e. The Morgan fingerprint density at radius 3 is 2.50 bits per heavy atom. The molecule has 1 fully saturated rings. The van der Waals surface area contributed by atoms with Gasteiger partial charge in [-0.25, -0.2) is 4.39 Å². The molecule has 3 heteroatoms. The topological polar surface area (TPSA) is 38.9 Å². The first-order valence-corrected chi connectivity index (χ1v) is 6.13. The summed E-state index contributed by atoms with van der Waals surface area (Å²) in [5.74, 6) is 0.202. The van der Waals surface area contributed by atoms with E-state index >= 15 is 0 Å². The Morgan fingerprint density at radius 1 is 1.19 bits per heavy atom. The molecule has 1 saturated carbocycles. The van der Waals surface area contributed by atoms with E-state index in [9.17, 15) is 4.39 Å². The molecule has 0 amide bonds. The summed E-state index contributed by atoms with van der Waals surface area (Å²) < 4.78 is 13.1. The number of nitrogens with two attached hydrogens (primary N) is 1. The van der Waals surface area contributed by atoms with Crippen molar-refractivity contribution in [1.29, 1.82) is 0 Å². The van der Waals surface area contributed by atoms with Crippen molar-refractivity contribution in [2.45, 2.75) is 44.6 Å². The van der Waals surface area contributed by atoms with Gasteiger partial charge in [-0.05, 0) is 30.4 Å². The Hall–Kier alpha value is -0.960. The zero-order valence-corrected chi connectivity index (χ0v) is 9.53. The lowest BCUT2D eigenvalue weighted by Crippen LogP contribution is -2.21. The summed E-state index contributed by atoms with van der Waals surface area (Å²) >= 11 is 0. The molecule has 0 bridgehead atoms. The average Bonchev–Trinajstić information content (AvgIpc) is 2.56. The van der Waals surface area contributed by atoms with Crippen molar-refractivity contribution in [2.24, 2.45) is 11.7 Å². The molecule has 0 aromatic carbocycles. The average molecular weight is 222 g/mol. The third-order valence-electron chi connectivity index (χ3n) is 3.52. The SMILES string of the molecule is NC(c1cncc(F)c1)C1CCCCCC1. The van der Waals surface area contributed by atoms with Crippen molar-refractivity contribution in [2.75, 3.05) is 0 Å². The number of aromatic nitrogens is 1. The Balaban J connectivity index is 2.07. The number of nitrogens with zero attached hydrogens (tertiary/aromatic N) is 1. The van der Waals surface area contributed by atoms with Gasteiger partial charge in [0, 0.05) is 12.2 Å². The molecule has 0 aliphatic heterocycles. The highest BCUT2D eigenvalue weighted by Crippen LogP contribution is 2.31. The summed E-state index contributed by atoms with van der Waals surface area (Å²) in [4.78, 5) is 3.87. The number of halogens is 1. The van der Waals surface area contributed by atoms with E-state index in [1.807, 2.05) is 0 Å². The van der Waals surface area contributed by atoms with Gasteiger partial charge in [0.05, 0.1) is 6.20 Å². The van der Waals surface area contributed by atoms with Gasteiger partial charge in [-0.15, -0.1) is 0 Å². The normalized spacial score (nSPS) is 20.4. The zero-order valence-electron chi connectivity index (χ0n) is 9.53. The first-order chi connectivity index (χ1) is 7.77. The second kappa shape index (κ2) is 5.39. The van der Waals surface area contributed by atoms with E-state index in [1.165, 1.54) is 37.9 Å².